The zero-order chi connectivity index (χ0) is 15.0. The number of rotatable bonds is 2. The van der Waals surface area contributed by atoms with Crippen molar-refractivity contribution >= 4 is 16.7 Å². The molecule has 0 aliphatic carbocycles. The van der Waals surface area contributed by atoms with Crippen molar-refractivity contribution in [1.29, 1.82) is 0 Å². The van der Waals surface area contributed by atoms with Crippen LogP contribution in [0.4, 0.5) is 0 Å². The van der Waals surface area contributed by atoms with Gasteiger partial charge in [-0.25, -0.2) is 4.79 Å². The molecule has 0 radical (unpaired) electrons. The van der Waals surface area contributed by atoms with Crippen molar-refractivity contribution < 1.29 is 15.0 Å². The molecule has 0 unspecified atom stereocenters. The van der Waals surface area contributed by atoms with Gasteiger partial charge in [0, 0.05) is 0 Å². The number of phenols is 1. The number of carboxylic acid groups (broad SMARTS) is 1. The van der Waals surface area contributed by atoms with Gasteiger partial charge in [0.15, 0.2) is 0 Å². The van der Waals surface area contributed by atoms with Gasteiger partial charge in [0.05, 0.1) is 5.56 Å². The lowest BCUT2D eigenvalue weighted by Crippen LogP contribution is -1.96. The molecule has 0 aromatic heterocycles. The van der Waals surface area contributed by atoms with Crippen molar-refractivity contribution in [2.75, 3.05) is 0 Å². The van der Waals surface area contributed by atoms with E-state index in [1.807, 2.05) is 43.3 Å². The van der Waals surface area contributed by atoms with Gasteiger partial charge in [0.1, 0.15) is 5.75 Å². The molecule has 3 aromatic rings. The number of benzene rings is 3. The summed E-state index contributed by atoms with van der Waals surface area (Å²) in [5.74, 6) is -1.10. The molecular formula is C18H14O3. The highest BCUT2D eigenvalue weighted by atomic mass is 16.4. The molecule has 0 atom stereocenters. The Morgan fingerprint density at radius 1 is 0.952 bits per heavy atom. The van der Waals surface area contributed by atoms with Gasteiger partial charge in [-0.3, -0.25) is 0 Å². The molecule has 0 fully saturated rings. The molecule has 3 nitrogen and oxygen atoms in total. The number of aromatic hydroxyl groups is 1. The molecule has 3 heteroatoms. The number of fused-ring (bicyclic) bond motifs is 1. The lowest BCUT2D eigenvalue weighted by molar-refractivity contribution is 0.0696. The van der Waals surface area contributed by atoms with Gasteiger partial charge in [-0.15, -0.1) is 0 Å². The van der Waals surface area contributed by atoms with Crippen LogP contribution >= 0.6 is 0 Å². The molecule has 0 bridgehead atoms. The number of carbonyl (C=O) groups is 1. The molecule has 0 aliphatic rings. The lowest BCUT2D eigenvalue weighted by Gasteiger charge is -2.10. The van der Waals surface area contributed by atoms with E-state index >= 15 is 0 Å². The zero-order valence-corrected chi connectivity index (χ0v) is 11.5. The Morgan fingerprint density at radius 3 is 2.38 bits per heavy atom. The molecule has 0 amide bonds. The van der Waals surface area contributed by atoms with Crippen LogP contribution in [0.1, 0.15) is 15.9 Å². The maximum absolute atomic E-state index is 11.1. The van der Waals surface area contributed by atoms with E-state index in [1.165, 1.54) is 6.07 Å². The minimum Gasteiger partial charge on any atom is -0.508 e. The Morgan fingerprint density at radius 2 is 1.67 bits per heavy atom. The van der Waals surface area contributed by atoms with Crippen LogP contribution in [0.3, 0.4) is 0 Å². The van der Waals surface area contributed by atoms with Crippen molar-refractivity contribution in [1.82, 2.24) is 0 Å². The van der Waals surface area contributed by atoms with E-state index in [1.54, 1.807) is 12.1 Å². The van der Waals surface area contributed by atoms with E-state index in [0.717, 1.165) is 21.9 Å². The lowest BCUT2D eigenvalue weighted by atomic mass is 9.94. The normalized spacial score (nSPS) is 10.7. The summed E-state index contributed by atoms with van der Waals surface area (Å²) in [6.45, 7) is 2.04. The number of aromatic carboxylic acids is 1. The van der Waals surface area contributed by atoms with Gasteiger partial charge >= 0.3 is 5.97 Å². The smallest absolute Gasteiger partial charge is 0.335 e. The minimum atomic E-state index is -1.05. The number of hydrogen-bond acceptors (Lipinski definition) is 2. The Bertz CT molecular complexity index is 850. The van der Waals surface area contributed by atoms with Gasteiger partial charge in [-0.2, -0.15) is 0 Å². The highest BCUT2D eigenvalue weighted by molar-refractivity contribution is 6.00. The first-order valence-electron chi connectivity index (χ1n) is 6.62. The Hall–Kier alpha value is -2.81. The van der Waals surface area contributed by atoms with Crippen LogP contribution in [0.5, 0.6) is 5.75 Å². The van der Waals surface area contributed by atoms with Crippen LogP contribution in [0.2, 0.25) is 0 Å². The standard InChI is InChI=1S/C18H14O3/c1-11-6-7-16(17-5-3-2-4-15(11)17)12-8-13(18(20)21)10-14(19)9-12/h2-10,19H,1H3,(H,20,21). The molecule has 2 N–H and O–H groups in total. The highest BCUT2D eigenvalue weighted by Crippen LogP contribution is 2.33. The predicted octanol–water partition coefficient (Wildman–Crippen LogP) is 4.22. The van der Waals surface area contributed by atoms with E-state index in [4.69, 9.17) is 5.11 Å². The monoisotopic (exact) mass is 278 g/mol. The molecule has 104 valence electrons. The van der Waals surface area contributed by atoms with Crippen molar-refractivity contribution in [3.8, 4) is 16.9 Å². The third-order valence-electron chi connectivity index (χ3n) is 3.62. The summed E-state index contributed by atoms with van der Waals surface area (Å²) < 4.78 is 0. The second kappa shape index (κ2) is 4.94. The summed E-state index contributed by atoms with van der Waals surface area (Å²) in [7, 11) is 0. The summed E-state index contributed by atoms with van der Waals surface area (Å²) in [6, 6.07) is 16.3. The molecule has 0 spiro atoms. The fraction of sp³-hybridized carbons (Fsp3) is 0.0556. The fourth-order valence-corrected chi connectivity index (χ4v) is 2.59. The average Bonchev–Trinajstić information content (AvgIpc) is 2.47. The number of aryl methyl sites for hydroxylation is 1. The predicted molar refractivity (Wildman–Crippen MR) is 82.7 cm³/mol. The second-order valence-corrected chi connectivity index (χ2v) is 5.05. The highest BCUT2D eigenvalue weighted by Gasteiger charge is 2.11. The third-order valence-corrected chi connectivity index (χ3v) is 3.62. The topological polar surface area (TPSA) is 57.5 Å². The van der Waals surface area contributed by atoms with E-state index < -0.39 is 5.97 Å². The molecule has 0 aliphatic heterocycles. The van der Waals surface area contributed by atoms with E-state index in [2.05, 4.69) is 0 Å². The number of phenolic OH excluding ortho intramolecular Hbond substituents is 1. The summed E-state index contributed by atoms with van der Waals surface area (Å²) in [6.07, 6.45) is 0. The summed E-state index contributed by atoms with van der Waals surface area (Å²) in [4.78, 5) is 11.1. The second-order valence-electron chi connectivity index (χ2n) is 5.05. The quantitative estimate of drug-likeness (QED) is 0.738. The van der Waals surface area contributed by atoms with Crippen LogP contribution < -0.4 is 0 Å². The van der Waals surface area contributed by atoms with Crippen LogP contribution in [0, 0.1) is 6.92 Å². The molecule has 0 saturated heterocycles. The molecule has 3 rings (SSSR count). The van der Waals surface area contributed by atoms with Crippen molar-refractivity contribution in [3.05, 3.63) is 65.7 Å². The zero-order valence-electron chi connectivity index (χ0n) is 11.5. The van der Waals surface area contributed by atoms with E-state index in [-0.39, 0.29) is 11.3 Å². The molecular weight excluding hydrogens is 264 g/mol. The van der Waals surface area contributed by atoms with Crippen LogP contribution in [0.15, 0.2) is 54.6 Å². The molecule has 0 heterocycles. The third kappa shape index (κ3) is 2.34. The van der Waals surface area contributed by atoms with Crippen LogP contribution in [-0.4, -0.2) is 16.2 Å². The fourth-order valence-electron chi connectivity index (χ4n) is 2.59. The van der Waals surface area contributed by atoms with Crippen molar-refractivity contribution in [2.24, 2.45) is 0 Å². The van der Waals surface area contributed by atoms with Gasteiger partial charge in [0.25, 0.3) is 0 Å². The first-order valence-corrected chi connectivity index (χ1v) is 6.62. The SMILES string of the molecule is Cc1ccc(-c2cc(O)cc(C(=O)O)c2)c2ccccc12. The summed E-state index contributed by atoms with van der Waals surface area (Å²) in [5.41, 5.74) is 2.85. The first-order chi connectivity index (χ1) is 10.1. The average molecular weight is 278 g/mol. The molecule has 0 saturated carbocycles. The Labute approximate surface area is 122 Å². The maximum atomic E-state index is 11.1. The summed E-state index contributed by atoms with van der Waals surface area (Å²) >= 11 is 0. The van der Waals surface area contributed by atoms with Gasteiger partial charge in [-0.05, 0) is 52.6 Å². The van der Waals surface area contributed by atoms with E-state index in [0.29, 0.717) is 5.56 Å². The minimum absolute atomic E-state index is 0.0467. The Kier molecular flexibility index (Phi) is 3.10. The largest absolute Gasteiger partial charge is 0.508 e. The van der Waals surface area contributed by atoms with Crippen LogP contribution in [0.25, 0.3) is 21.9 Å². The van der Waals surface area contributed by atoms with Gasteiger partial charge in [-0.1, -0.05) is 36.4 Å². The van der Waals surface area contributed by atoms with Gasteiger partial charge in [0.2, 0.25) is 0 Å². The maximum Gasteiger partial charge on any atom is 0.335 e. The Balaban J connectivity index is 2.31. The molecule has 3 aromatic carbocycles. The van der Waals surface area contributed by atoms with Crippen molar-refractivity contribution in [2.45, 2.75) is 6.92 Å². The van der Waals surface area contributed by atoms with Crippen molar-refractivity contribution in [3.63, 3.8) is 0 Å². The first kappa shape index (κ1) is 13.2. The number of hydrogen-bond donors (Lipinski definition) is 2. The number of carboxylic acids is 1. The van der Waals surface area contributed by atoms with Gasteiger partial charge < -0.3 is 10.2 Å². The van der Waals surface area contributed by atoms with E-state index in [9.17, 15) is 9.90 Å². The summed E-state index contributed by atoms with van der Waals surface area (Å²) in [5, 5.41) is 21.1. The molecule has 21 heavy (non-hydrogen) atoms. The van der Waals surface area contributed by atoms with Crippen LogP contribution in [-0.2, 0) is 0 Å².